The maximum Gasteiger partial charge on any atom is 0.331 e. The van der Waals surface area contributed by atoms with Crippen LogP contribution in [0.3, 0.4) is 0 Å². The average molecular weight is 779 g/mol. The van der Waals surface area contributed by atoms with E-state index in [0.29, 0.717) is 18.1 Å². The summed E-state index contributed by atoms with van der Waals surface area (Å²) in [5, 5.41) is 10.2. The lowest BCUT2D eigenvalue weighted by Gasteiger charge is -2.46. The SMILES string of the molecule is O=C(CO)OC[C@H]1O[C@@H](c2ccc(Cl)c(Cc3ccc(O[C@@H]4CCOC4)cc3)c2)[C@H](OCc2ccccc2)[C@@H](OCc2ccccc2)[C@@H]1OCc1ccccc1. The summed E-state index contributed by atoms with van der Waals surface area (Å²) >= 11 is 6.87. The summed E-state index contributed by atoms with van der Waals surface area (Å²) in [5.41, 5.74) is 5.70. The molecule has 5 aromatic carbocycles. The van der Waals surface area contributed by atoms with Gasteiger partial charge in [-0.2, -0.15) is 0 Å². The van der Waals surface area contributed by atoms with Crippen molar-refractivity contribution in [3.63, 3.8) is 0 Å². The number of rotatable bonds is 17. The minimum Gasteiger partial charge on any atom is -0.488 e. The minimum absolute atomic E-state index is 0.0688. The van der Waals surface area contributed by atoms with Crippen LogP contribution in [0.5, 0.6) is 5.75 Å². The van der Waals surface area contributed by atoms with Crippen LogP contribution in [-0.4, -0.2) is 68.0 Å². The molecule has 9 nitrogen and oxygen atoms in total. The van der Waals surface area contributed by atoms with Crippen LogP contribution in [0.15, 0.2) is 133 Å². The molecule has 0 radical (unpaired) electrons. The summed E-state index contributed by atoms with van der Waals surface area (Å²) in [7, 11) is 0. The first-order chi connectivity index (χ1) is 27.5. The second kappa shape index (κ2) is 20.0. The monoisotopic (exact) mass is 778 g/mol. The highest BCUT2D eigenvalue weighted by atomic mass is 35.5. The van der Waals surface area contributed by atoms with E-state index in [4.69, 9.17) is 44.8 Å². The molecule has 0 amide bonds. The summed E-state index contributed by atoms with van der Waals surface area (Å²) < 4.78 is 44.3. The van der Waals surface area contributed by atoms with Crippen molar-refractivity contribution in [3.8, 4) is 5.75 Å². The van der Waals surface area contributed by atoms with Crippen LogP contribution in [-0.2, 0) is 59.5 Å². The van der Waals surface area contributed by atoms with E-state index in [1.54, 1.807) is 0 Å². The molecule has 2 fully saturated rings. The van der Waals surface area contributed by atoms with Gasteiger partial charge in [0.2, 0.25) is 0 Å². The highest BCUT2D eigenvalue weighted by Gasteiger charge is 2.49. The lowest BCUT2D eigenvalue weighted by Crippen LogP contribution is -2.58. The number of aliphatic hydroxyl groups is 1. The maximum atomic E-state index is 12.3. The summed E-state index contributed by atoms with van der Waals surface area (Å²) in [4.78, 5) is 12.3. The third kappa shape index (κ3) is 10.8. The molecule has 292 valence electrons. The van der Waals surface area contributed by atoms with E-state index >= 15 is 0 Å². The van der Waals surface area contributed by atoms with E-state index in [2.05, 4.69) is 0 Å². The van der Waals surface area contributed by atoms with Gasteiger partial charge in [0, 0.05) is 11.4 Å². The second-order valence-corrected chi connectivity index (χ2v) is 14.4. The van der Waals surface area contributed by atoms with E-state index in [1.165, 1.54) is 0 Å². The van der Waals surface area contributed by atoms with Crippen molar-refractivity contribution < 1.29 is 43.1 Å². The van der Waals surface area contributed by atoms with Gasteiger partial charge in [-0.15, -0.1) is 0 Å². The molecule has 6 atom stereocenters. The molecule has 2 heterocycles. The van der Waals surface area contributed by atoms with E-state index in [-0.39, 0.29) is 32.5 Å². The first-order valence-electron chi connectivity index (χ1n) is 19.0. The molecule has 0 saturated carbocycles. The maximum absolute atomic E-state index is 12.3. The molecule has 10 heteroatoms. The molecule has 56 heavy (non-hydrogen) atoms. The summed E-state index contributed by atoms with van der Waals surface area (Å²) in [6.07, 6.45) is -2.04. The Morgan fingerprint density at radius 3 is 1.86 bits per heavy atom. The normalized spacial score (nSPS) is 22.1. The third-order valence-corrected chi connectivity index (χ3v) is 10.3. The van der Waals surface area contributed by atoms with Gasteiger partial charge < -0.3 is 38.3 Å². The molecule has 2 aliphatic rings. The van der Waals surface area contributed by atoms with Crippen molar-refractivity contribution in [2.75, 3.05) is 26.4 Å². The zero-order valence-corrected chi connectivity index (χ0v) is 31.9. The van der Waals surface area contributed by atoms with Crippen molar-refractivity contribution in [1.29, 1.82) is 0 Å². The first-order valence-corrected chi connectivity index (χ1v) is 19.4. The Hall–Kier alpha value is -4.58. The Labute approximate surface area is 333 Å². The van der Waals surface area contributed by atoms with Gasteiger partial charge in [0.05, 0.1) is 33.0 Å². The quantitative estimate of drug-likeness (QED) is 0.0947. The van der Waals surface area contributed by atoms with Gasteiger partial charge in [-0.25, -0.2) is 4.79 Å². The lowest BCUT2D eigenvalue weighted by atomic mass is 9.89. The largest absolute Gasteiger partial charge is 0.488 e. The van der Waals surface area contributed by atoms with Crippen LogP contribution in [0, 0.1) is 0 Å². The minimum atomic E-state index is -0.784. The molecule has 2 aliphatic heterocycles. The first kappa shape index (κ1) is 39.6. The number of hydrogen-bond donors (Lipinski definition) is 1. The van der Waals surface area contributed by atoms with Crippen LogP contribution in [0.1, 0.15) is 45.9 Å². The smallest absolute Gasteiger partial charge is 0.331 e. The highest BCUT2D eigenvalue weighted by Crippen LogP contribution is 2.40. The summed E-state index contributed by atoms with van der Waals surface area (Å²) in [5.74, 6) is 0.0366. The van der Waals surface area contributed by atoms with E-state index < -0.39 is 43.1 Å². The highest BCUT2D eigenvalue weighted by molar-refractivity contribution is 6.31. The molecule has 0 aliphatic carbocycles. The van der Waals surface area contributed by atoms with Crippen molar-refractivity contribution in [3.05, 3.63) is 172 Å². The molecule has 2 saturated heterocycles. The number of carbonyl (C=O) groups excluding carboxylic acids is 1. The summed E-state index contributed by atoms with van der Waals surface area (Å²) in [6.45, 7) is 1.20. The Bertz CT molecular complexity index is 1940. The summed E-state index contributed by atoms with van der Waals surface area (Å²) in [6, 6.07) is 43.6. The number of hydrogen-bond acceptors (Lipinski definition) is 9. The molecule has 0 aromatic heterocycles. The number of ether oxygens (including phenoxy) is 7. The molecule has 5 aromatic rings. The third-order valence-electron chi connectivity index (χ3n) is 9.93. The van der Waals surface area contributed by atoms with E-state index in [0.717, 1.165) is 52.2 Å². The number of benzene rings is 5. The van der Waals surface area contributed by atoms with Gasteiger partial charge in [0.15, 0.2) is 0 Å². The predicted octanol–water partition coefficient (Wildman–Crippen LogP) is 7.83. The zero-order chi connectivity index (χ0) is 38.5. The Kier molecular flexibility index (Phi) is 14.2. The van der Waals surface area contributed by atoms with Gasteiger partial charge in [-0.05, 0) is 58.0 Å². The van der Waals surface area contributed by atoms with Gasteiger partial charge in [-0.3, -0.25) is 0 Å². The van der Waals surface area contributed by atoms with Gasteiger partial charge in [-0.1, -0.05) is 127 Å². The van der Waals surface area contributed by atoms with Crippen molar-refractivity contribution in [2.24, 2.45) is 0 Å². The van der Waals surface area contributed by atoms with Crippen molar-refractivity contribution in [2.45, 2.75) is 69.3 Å². The Balaban J connectivity index is 1.22. The van der Waals surface area contributed by atoms with E-state index in [1.807, 2.05) is 133 Å². The average Bonchev–Trinajstić information content (AvgIpc) is 3.76. The number of esters is 1. The lowest BCUT2D eigenvalue weighted by molar-refractivity contribution is -0.273. The van der Waals surface area contributed by atoms with Crippen LogP contribution < -0.4 is 4.74 Å². The standard InChI is InChI=1S/C46H47ClO9/c47-40-21-18-36(25-37(40)24-32-16-19-38(20-17-32)55-39-22-23-50-30-39)43-45(53-28-34-12-6-2-7-13-34)46(54-29-35-14-8-3-9-15-35)44(41(56-43)31-51-42(49)26-48)52-27-33-10-4-1-5-11-33/h1-21,25,39,41,43-46,48H,22-24,26-31H2/t39-,41-,43+,44-,45+,46+/m1/s1. The van der Waals surface area contributed by atoms with Crippen molar-refractivity contribution in [1.82, 2.24) is 0 Å². The predicted molar refractivity (Wildman–Crippen MR) is 211 cm³/mol. The molecule has 7 rings (SSSR count). The van der Waals surface area contributed by atoms with Gasteiger partial charge >= 0.3 is 5.97 Å². The fourth-order valence-corrected chi connectivity index (χ4v) is 7.21. The Morgan fingerprint density at radius 1 is 0.696 bits per heavy atom. The molecular formula is C46H47ClO9. The molecular weight excluding hydrogens is 732 g/mol. The molecule has 0 bridgehead atoms. The van der Waals surface area contributed by atoms with Crippen LogP contribution in [0.2, 0.25) is 5.02 Å². The fourth-order valence-electron chi connectivity index (χ4n) is 7.02. The van der Waals surface area contributed by atoms with E-state index in [9.17, 15) is 9.90 Å². The number of carbonyl (C=O) groups is 1. The molecule has 0 unspecified atom stereocenters. The molecule has 1 N–H and O–H groups in total. The Morgan fingerprint density at radius 2 is 1.29 bits per heavy atom. The van der Waals surface area contributed by atoms with Crippen molar-refractivity contribution >= 4 is 17.6 Å². The number of halogens is 1. The number of aliphatic hydroxyl groups excluding tert-OH is 1. The topological polar surface area (TPSA) is 102 Å². The van der Waals surface area contributed by atoms with Gasteiger partial charge in [0.25, 0.3) is 0 Å². The van der Waals surface area contributed by atoms with Crippen LogP contribution in [0.4, 0.5) is 0 Å². The zero-order valence-electron chi connectivity index (χ0n) is 31.1. The fraction of sp³-hybridized carbons (Fsp3) is 0.326. The molecule has 0 spiro atoms. The van der Waals surface area contributed by atoms with Gasteiger partial charge in [0.1, 0.15) is 55.6 Å². The van der Waals surface area contributed by atoms with Crippen LogP contribution >= 0.6 is 11.6 Å². The van der Waals surface area contributed by atoms with Crippen LogP contribution in [0.25, 0.3) is 0 Å². The second-order valence-electron chi connectivity index (χ2n) is 14.0.